The summed E-state index contributed by atoms with van der Waals surface area (Å²) >= 11 is 0. The Morgan fingerprint density at radius 2 is 1.75 bits per heavy atom. The van der Waals surface area contributed by atoms with Crippen LogP contribution in [0.4, 0.5) is 0 Å². The van der Waals surface area contributed by atoms with Crippen molar-refractivity contribution >= 4 is 5.97 Å². The largest absolute Gasteiger partial charge is 0.462 e. The van der Waals surface area contributed by atoms with E-state index in [2.05, 4.69) is 19.9 Å². The molecule has 0 spiro atoms. The van der Waals surface area contributed by atoms with E-state index in [1.807, 2.05) is 0 Å². The molecule has 0 aromatic rings. The van der Waals surface area contributed by atoms with E-state index in [4.69, 9.17) is 4.74 Å². The number of nitrogens with zero attached hydrogens (tertiary/aromatic N) is 1. The second-order valence-corrected chi connectivity index (χ2v) is 8.14. The number of carbonyl (C=O) groups is 1. The zero-order valence-electron chi connectivity index (χ0n) is 15.7. The van der Waals surface area contributed by atoms with Crippen LogP contribution in [0.15, 0.2) is 0 Å². The van der Waals surface area contributed by atoms with Crippen LogP contribution in [0.3, 0.4) is 0 Å². The molecule has 0 aromatic carbocycles. The van der Waals surface area contributed by atoms with E-state index in [1.54, 1.807) is 0 Å². The monoisotopic (exact) mass is 333 g/mol. The lowest BCUT2D eigenvalue weighted by Gasteiger charge is -2.35. The lowest BCUT2D eigenvalue weighted by molar-refractivity contribution is -0.157. The fraction of sp³-hybridized carbons (Fsp3) is 0.905. The molecule has 2 rings (SSSR count). The number of rotatable bonds is 7. The fourth-order valence-corrected chi connectivity index (χ4v) is 4.59. The number of carbonyl (C=O) groups excluding carboxylic acids is 1. The second-order valence-electron chi connectivity index (χ2n) is 8.14. The molecule has 0 amide bonds. The molecule has 0 N–H and O–H groups in total. The normalized spacial score (nSPS) is 33.6. The molecule has 3 heteroatoms. The van der Waals surface area contributed by atoms with Gasteiger partial charge in [-0.2, -0.15) is 5.26 Å². The summed E-state index contributed by atoms with van der Waals surface area (Å²) < 4.78 is 5.82. The molecule has 0 unspecified atom stereocenters. The van der Waals surface area contributed by atoms with Gasteiger partial charge in [0.2, 0.25) is 0 Å². The number of ether oxygens (including phenoxy) is 1. The van der Waals surface area contributed by atoms with Crippen molar-refractivity contribution in [3.63, 3.8) is 0 Å². The van der Waals surface area contributed by atoms with Crippen molar-refractivity contribution in [3.8, 4) is 6.07 Å². The number of hydrogen-bond acceptors (Lipinski definition) is 3. The number of hydrogen-bond donors (Lipinski definition) is 0. The molecule has 136 valence electrons. The van der Waals surface area contributed by atoms with Crippen molar-refractivity contribution in [2.75, 3.05) is 0 Å². The molecule has 2 saturated carbocycles. The molecule has 0 heterocycles. The van der Waals surface area contributed by atoms with Crippen molar-refractivity contribution in [2.24, 2.45) is 17.3 Å². The topological polar surface area (TPSA) is 50.1 Å². The van der Waals surface area contributed by atoms with Crippen LogP contribution in [0.5, 0.6) is 0 Å². The third kappa shape index (κ3) is 5.23. The highest BCUT2D eigenvalue weighted by Gasteiger charge is 2.38. The van der Waals surface area contributed by atoms with E-state index in [9.17, 15) is 10.1 Å². The third-order valence-corrected chi connectivity index (χ3v) is 6.28. The van der Waals surface area contributed by atoms with Crippen molar-refractivity contribution < 1.29 is 9.53 Å². The molecule has 2 aliphatic carbocycles. The highest BCUT2D eigenvalue weighted by molar-refractivity contribution is 5.72. The summed E-state index contributed by atoms with van der Waals surface area (Å²) in [6.07, 6.45) is 14.0. The zero-order valence-corrected chi connectivity index (χ0v) is 15.7. The minimum atomic E-state index is -0.178. The van der Waals surface area contributed by atoms with E-state index >= 15 is 0 Å². The Kier molecular flexibility index (Phi) is 7.59. The summed E-state index contributed by atoms with van der Waals surface area (Å²) in [7, 11) is 0. The van der Waals surface area contributed by atoms with Crippen LogP contribution in [0.1, 0.15) is 97.3 Å². The van der Waals surface area contributed by atoms with Crippen molar-refractivity contribution in [3.05, 3.63) is 0 Å². The molecule has 2 aliphatic rings. The van der Waals surface area contributed by atoms with Crippen LogP contribution >= 0.6 is 0 Å². The highest BCUT2D eigenvalue weighted by atomic mass is 16.5. The van der Waals surface area contributed by atoms with Gasteiger partial charge in [-0.3, -0.25) is 4.79 Å². The first-order valence-corrected chi connectivity index (χ1v) is 10.2. The van der Waals surface area contributed by atoms with Crippen molar-refractivity contribution in [1.29, 1.82) is 5.26 Å². The van der Waals surface area contributed by atoms with Gasteiger partial charge in [-0.1, -0.05) is 39.5 Å². The van der Waals surface area contributed by atoms with Gasteiger partial charge < -0.3 is 4.74 Å². The predicted molar refractivity (Wildman–Crippen MR) is 96.3 cm³/mol. The second kappa shape index (κ2) is 9.44. The van der Waals surface area contributed by atoms with E-state index in [0.29, 0.717) is 0 Å². The van der Waals surface area contributed by atoms with Crippen LogP contribution in [0.25, 0.3) is 0 Å². The minimum absolute atomic E-state index is 0.00930. The van der Waals surface area contributed by atoms with Crippen LogP contribution in [0.2, 0.25) is 0 Å². The molecule has 0 atom stereocenters. The van der Waals surface area contributed by atoms with Crippen LogP contribution < -0.4 is 0 Å². The van der Waals surface area contributed by atoms with E-state index in [-0.39, 0.29) is 23.4 Å². The summed E-state index contributed by atoms with van der Waals surface area (Å²) in [5, 5.41) is 9.48. The quantitative estimate of drug-likeness (QED) is 0.555. The van der Waals surface area contributed by atoms with Gasteiger partial charge in [0.15, 0.2) is 0 Å². The summed E-state index contributed by atoms with van der Waals surface area (Å²) in [6, 6.07) is 2.53. The van der Waals surface area contributed by atoms with Gasteiger partial charge in [-0.15, -0.1) is 0 Å². The van der Waals surface area contributed by atoms with Crippen LogP contribution in [-0.2, 0) is 9.53 Å². The molecule has 0 aromatic heterocycles. The van der Waals surface area contributed by atoms with Crippen molar-refractivity contribution in [1.82, 2.24) is 0 Å². The molecule has 24 heavy (non-hydrogen) atoms. The Morgan fingerprint density at radius 1 is 1.08 bits per heavy atom. The lowest BCUT2D eigenvalue weighted by Crippen LogP contribution is -2.33. The Hall–Kier alpha value is -1.04. The predicted octanol–water partition coefficient (Wildman–Crippen LogP) is 5.78. The average Bonchev–Trinajstić information content (AvgIpc) is 2.62. The van der Waals surface area contributed by atoms with E-state index in [1.165, 1.54) is 32.1 Å². The van der Waals surface area contributed by atoms with E-state index < -0.39 is 0 Å². The summed E-state index contributed by atoms with van der Waals surface area (Å²) in [6.45, 7) is 4.38. The molecule has 0 radical (unpaired) electrons. The molecule has 2 fully saturated rings. The maximum atomic E-state index is 12.5. The first-order chi connectivity index (χ1) is 11.6. The molecule has 0 saturated heterocycles. The SMILES string of the molecule is CCCCC1CCC(OC(=O)[C@H]2CC[C@@](C#N)(CCC)CC2)CC1. The zero-order chi connectivity index (χ0) is 17.4. The number of unbranched alkanes of at least 4 members (excludes halogenated alkanes) is 1. The Morgan fingerprint density at radius 3 is 2.29 bits per heavy atom. The van der Waals surface area contributed by atoms with Gasteiger partial charge in [0.1, 0.15) is 6.10 Å². The molecular formula is C21H35NO2. The first kappa shape index (κ1) is 19.3. The average molecular weight is 334 g/mol. The Labute approximate surface area is 148 Å². The highest BCUT2D eigenvalue weighted by Crippen LogP contribution is 2.42. The molecular weight excluding hydrogens is 298 g/mol. The molecule has 0 bridgehead atoms. The Balaban J connectivity index is 1.72. The van der Waals surface area contributed by atoms with Gasteiger partial charge in [0.25, 0.3) is 0 Å². The van der Waals surface area contributed by atoms with Gasteiger partial charge in [-0.25, -0.2) is 0 Å². The van der Waals surface area contributed by atoms with E-state index in [0.717, 1.165) is 57.3 Å². The lowest BCUT2D eigenvalue weighted by atomic mass is 9.69. The van der Waals surface area contributed by atoms with Gasteiger partial charge in [0, 0.05) is 0 Å². The summed E-state index contributed by atoms with van der Waals surface area (Å²) in [5.74, 6) is 0.885. The minimum Gasteiger partial charge on any atom is -0.462 e. The third-order valence-electron chi connectivity index (χ3n) is 6.28. The van der Waals surface area contributed by atoms with Gasteiger partial charge in [0.05, 0.1) is 17.4 Å². The van der Waals surface area contributed by atoms with Crippen molar-refractivity contribution in [2.45, 2.75) is 103 Å². The molecule has 0 aliphatic heterocycles. The number of esters is 1. The summed E-state index contributed by atoms with van der Waals surface area (Å²) in [4.78, 5) is 12.5. The van der Waals surface area contributed by atoms with Gasteiger partial charge >= 0.3 is 5.97 Å². The fourth-order valence-electron chi connectivity index (χ4n) is 4.59. The van der Waals surface area contributed by atoms with Crippen LogP contribution in [0, 0.1) is 28.6 Å². The van der Waals surface area contributed by atoms with Gasteiger partial charge in [-0.05, 0) is 63.7 Å². The maximum Gasteiger partial charge on any atom is 0.309 e. The smallest absolute Gasteiger partial charge is 0.309 e. The summed E-state index contributed by atoms with van der Waals surface area (Å²) in [5.41, 5.74) is -0.178. The number of nitriles is 1. The molecule has 3 nitrogen and oxygen atoms in total. The first-order valence-electron chi connectivity index (χ1n) is 10.2. The Bertz CT molecular complexity index is 424. The maximum absolute atomic E-state index is 12.5. The van der Waals surface area contributed by atoms with Crippen LogP contribution in [-0.4, -0.2) is 12.1 Å². The standard InChI is InChI=1S/C21H35NO2/c1-3-5-6-17-7-9-19(10-8-17)24-20(23)18-11-14-21(16-22,13-4-2)15-12-18/h17-19H,3-15H2,1-2H3/t17?,18-,19?,21-.